The molecule has 0 radical (unpaired) electrons. The van der Waals surface area contributed by atoms with E-state index in [2.05, 4.69) is 5.32 Å². The lowest BCUT2D eigenvalue weighted by molar-refractivity contribution is -0.148. The average Bonchev–Trinajstić information content (AvgIpc) is 2.51. The van der Waals surface area contributed by atoms with Crippen LogP contribution in [-0.2, 0) is 20.9 Å². The minimum atomic E-state index is -0.502. The third kappa shape index (κ3) is 3.98. The van der Waals surface area contributed by atoms with Crippen LogP contribution >= 0.6 is 0 Å². The fourth-order valence-electron chi connectivity index (χ4n) is 2.60. The summed E-state index contributed by atoms with van der Waals surface area (Å²) in [6, 6.07) is 7.19. The van der Waals surface area contributed by atoms with Gasteiger partial charge in [-0.15, -0.1) is 0 Å². The van der Waals surface area contributed by atoms with Crippen molar-refractivity contribution in [2.75, 3.05) is 26.8 Å². The van der Waals surface area contributed by atoms with Crippen LogP contribution in [-0.4, -0.2) is 49.6 Å². The van der Waals surface area contributed by atoms with Gasteiger partial charge >= 0.3 is 5.97 Å². The fourth-order valence-corrected chi connectivity index (χ4v) is 2.60. The van der Waals surface area contributed by atoms with E-state index in [9.17, 15) is 9.59 Å². The first-order valence-electron chi connectivity index (χ1n) is 7.45. The first-order chi connectivity index (χ1) is 10.7. The minimum Gasteiger partial charge on any atom is -0.496 e. The summed E-state index contributed by atoms with van der Waals surface area (Å²) in [5.74, 6) is 0.298. The Labute approximate surface area is 130 Å². The van der Waals surface area contributed by atoms with Gasteiger partial charge in [0.1, 0.15) is 11.8 Å². The molecule has 0 spiro atoms. The van der Waals surface area contributed by atoms with E-state index in [4.69, 9.17) is 9.47 Å². The number of nitrogens with one attached hydrogen (secondary N) is 1. The van der Waals surface area contributed by atoms with Gasteiger partial charge in [-0.3, -0.25) is 14.5 Å². The summed E-state index contributed by atoms with van der Waals surface area (Å²) in [5, 5.41) is 2.80. The van der Waals surface area contributed by atoms with Crippen molar-refractivity contribution in [2.45, 2.75) is 25.9 Å². The number of methoxy groups -OCH3 is 1. The summed E-state index contributed by atoms with van der Waals surface area (Å²) in [5.41, 5.74) is 0.994. The summed E-state index contributed by atoms with van der Waals surface area (Å²) < 4.78 is 10.3. The molecule has 1 heterocycles. The van der Waals surface area contributed by atoms with Crippen molar-refractivity contribution < 1.29 is 19.1 Å². The molecule has 1 aromatic rings. The van der Waals surface area contributed by atoms with Crippen LogP contribution in [0.5, 0.6) is 5.75 Å². The molecule has 0 unspecified atom stereocenters. The molecule has 6 nitrogen and oxygen atoms in total. The van der Waals surface area contributed by atoms with Crippen LogP contribution in [0, 0.1) is 0 Å². The Balaban J connectivity index is 2.11. The molecule has 0 aromatic heterocycles. The largest absolute Gasteiger partial charge is 0.496 e. The zero-order valence-corrected chi connectivity index (χ0v) is 13.0. The van der Waals surface area contributed by atoms with Crippen LogP contribution in [0.1, 0.15) is 18.9 Å². The lowest BCUT2D eigenvalue weighted by Crippen LogP contribution is -2.55. The highest BCUT2D eigenvalue weighted by Gasteiger charge is 2.32. The standard InChI is InChI=1S/C16H22N2O4/c1-3-22-15(19)10-13-16(20)17-8-9-18(13)11-12-6-4-5-7-14(12)21-2/h4-7,13H,3,8-11H2,1-2H3,(H,17,20)/t13-/m1/s1. The molecule has 6 heteroatoms. The second kappa shape index (κ2) is 7.79. The highest BCUT2D eigenvalue weighted by atomic mass is 16.5. The molecule has 1 aliphatic heterocycles. The average molecular weight is 306 g/mol. The van der Waals surface area contributed by atoms with E-state index in [1.807, 2.05) is 29.2 Å². The van der Waals surface area contributed by atoms with Crippen molar-refractivity contribution in [2.24, 2.45) is 0 Å². The van der Waals surface area contributed by atoms with Crippen LogP contribution in [0.25, 0.3) is 0 Å². The molecule has 1 saturated heterocycles. The van der Waals surface area contributed by atoms with Gasteiger partial charge in [-0.05, 0) is 13.0 Å². The van der Waals surface area contributed by atoms with Gasteiger partial charge in [-0.2, -0.15) is 0 Å². The van der Waals surface area contributed by atoms with E-state index in [0.717, 1.165) is 11.3 Å². The van der Waals surface area contributed by atoms with Crippen molar-refractivity contribution in [3.8, 4) is 5.75 Å². The quantitative estimate of drug-likeness (QED) is 0.793. The number of nitrogens with zero attached hydrogens (tertiary/aromatic N) is 1. The van der Waals surface area contributed by atoms with E-state index in [-0.39, 0.29) is 18.3 Å². The van der Waals surface area contributed by atoms with Crippen molar-refractivity contribution in [3.63, 3.8) is 0 Å². The Morgan fingerprint density at radius 2 is 2.18 bits per heavy atom. The zero-order chi connectivity index (χ0) is 15.9. The molecule has 1 aromatic carbocycles. The van der Waals surface area contributed by atoms with E-state index < -0.39 is 6.04 Å². The third-order valence-corrected chi connectivity index (χ3v) is 3.67. The zero-order valence-electron chi connectivity index (χ0n) is 13.0. The Morgan fingerprint density at radius 1 is 1.41 bits per heavy atom. The molecule has 0 saturated carbocycles. The topological polar surface area (TPSA) is 67.9 Å². The molecule has 120 valence electrons. The Hall–Kier alpha value is -2.08. The van der Waals surface area contributed by atoms with Crippen LogP contribution in [0.2, 0.25) is 0 Å². The van der Waals surface area contributed by atoms with Crippen LogP contribution in [0.4, 0.5) is 0 Å². The number of piperazine rings is 1. The summed E-state index contributed by atoms with van der Waals surface area (Å²) in [4.78, 5) is 25.8. The van der Waals surface area contributed by atoms with Crippen LogP contribution in [0.3, 0.4) is 0 Å². The Bertz CT molecular complexity index is 533. The van der Waals surface area contributed by atoms with Gasteiger partial charge in [0.2, 0.25) is 5.91 Å². The lowest BCUT2D eigenvalue weighted by atomic mass is 10.1. The number of esters is 1. The molecular formula is C16H22N2O4. The van der Waals surface area contributed by atoms with E-state index >= 15 is 0 Å². The van der Waals surface area contributed by atoms with Crippen molar-refractivity contribution >= 4 is 11.9 Å². The van der Waals surface area contributed by atoms with Crippen molar-refractivity contribution in [3.05, 3.63) is 29.8 Å². The number of hydrogen-bond acceptors (Lipinski definition) is 5. The highest BCUT2D eigenvalue weighted by molar-refractivity contribution is 5.87. The van der Waals surface area contributed by atoms with Gasteiger partial charge in [0, 0.05) is 25.2 Å². The maximum absolute atomic E-state index is 12.1. The molecule has 0 bridgehead atoms. The van der Waals surface area contributed by atoms with E-state index in [1.54, 1.807) is 14.0 Å². The predicted molar refractivity (Wildman–Crippen MR) is 81.5 cm³/mol. The molecule has 2 rings (SSSR count). The second-order valence-electron chi connectivity index (χ2n) is 5.10. The molecule has 1 amide bonds. The number of ether oxygens (including phenoxy) is 2. The van der Waals surface area contributed by atoms with Crippen LogP contribution in [0.15, 0.2) is 24.3 Å². The predicted octanol–water partition coefficient (Wildman–Crippen LogP) is 0.949. The van der Waals surface area contributed by atoms with Crippen molar-refractivity contribution in [1.82, 2.24) is 10.2 Å². The normalized spacial score (nSPS) is 18.6. The lowest BCUT2D eigenvalue weighted by Gasteiger charge is -2.34. The number of hydrogen-bond donors (Lipinski definition) is 1. The monoisotopic (exact) mass is 306 g/mol. The Morgan fingerprint density at radius 3 is 2.91 bits per heavy atom. The summed E-state index contributed by atoms with van der Waals surface area (Å²) in [6.45, 7) is 3.90. The molecular weight excluding hydrogens is 284 g/mol. The number of amides is 1. The van der Waals surface area contributed by atoms with E-state index in [0.29, 0.717) is 26.2 Å². The van der Waals surface area contributed by atoms with Gasteiger partial charge in [0.05, 0.1) is 20.1 Å². The number of benzene rings is 1. The first kappa shape index (κ1) is 16.3. The molecule has 1 fully saturated rings. The first-order valence-corrected chi connectivity index (χ1v) is 7.45. The molecule has 1 N–H and O–H groups in total. The Kier molecular flexibility index (Phi) is 5.77. The summed E-state index contributed by atoms with van der Waals surface area (Å²) in [7, 11) is 1.62. The third-order valence-electron chi connectivity index (χ3n) is 3.67. The number of carbonyl (C=O) groups is 2. The van der Waals surface area contributed by atoms with E-state index in [1.165, 1.54) is 0 Å². The molecule has 1 aliphatic rings. The molecule has 1 atom stereocenters. The number of para-hydroxylation sites is 1. The van der Waals surface area contributed by atoms with Gasteiger partial charge < -0.3 is 14.8 Å². The van der Waals surface area contributed by atoms with Crippen LogP contribution < -0.4 is 10.1 Å². The minimum absolute atomic E-state index is 0.0643. The van der Waals surface area contributed by atoms with Gasteiger partial charge in [0.25, 0.3) is 0 Å². The van der Waals surface area contributed by atoms with Gasteiger partial charge in [0.15, 0.2) is 0 Å². The number of rotatable bonds is 6. The van der Waals surface area contributed by atoms with Crippen molar-refractivity contribution in [1.29, 1.82) is 0 Å². The highest BCUT2D eigenvalue weighted by Crippen LogP contribution is 2.22. The smallest absolute Gasteiger partial charge is 0.307 e. The van der Waals surface area contributed by atoms with Gasteiger partial charge in [-0.25, -0.2) is 0 Å². The SMILES string of the molecule is CCOC(=O)C[C@@H]1C(=O)NCCN1Cc1ccccc1OC. The fraction of sp³-hybridized carbons (Fsp3) is 0.500. The maximum atomic E-state index is 12.1. The summed E-state index contributed by atoms with van der Waals surface area (Å²) >= 11 is 0. The molecule has 0 aliphatic carbocycles. The maximum Gasteiger partial charge on any atom is 0.307 e. The number of carbonyl (C=O) groups excluding carboxylic acids is 2. The van der Waals surface area contributed by atoms with Gasteiger partial charge in [-0.1, -0.05) is 18.2 Å². The molecule has 22 heavy (non-hydrogen) atoms. The summed E-state index contributed by atoms with van der Waals surface area (Å²) in [6.07, 6.45) is 0.0643. The second-order valence-corrected chi connectivity index (χ2v) is 5.10.